The predicted octanol–water partition coefficient (Wildman–Crippen LogP) is 2.64. The molecule has 112 valence electrons. The van der Waals surface area contributed by atoms with Crippen molar-refractivity contribution in [3.8, 4) is 5.75 Å². The van der Waals surface area contributed by atoms with Crippen LogP contribution in [0.4, 0.5) is 0 Å². The molecule has 0 amide bonds. The number of benzene rings is 1. The Morgan fingerprint density at radius 3 is 2.55 bits per heavy atom. The molecule has 0 N–H and O–H groups in total. The van der Waals surface area contributed by atoms with Gasteiger partial charge < -0.3 is 4.74 Å². The van der Waals surface area contributed by atoms with Crippen LogP contribution in [0.15, 0.2) is 23.1 Å². The molecular weight excluding hydrogens is 298 g/mol. The van der Waals surface area contributed by atoms with Crippen LogP contribution in [0, 0.1) is 12.8 Å². The number of hydrogen-bond donors (Lipinski definition) is 0. The summed E-state index contributed by atoms with van der Waals surface area (Å²) in [5, 5.41) is 0. The lowest BCUT2D eigenvalue weighted by molar-refractivity contribution is 0.289. The predicted molar refractivity (Wildman–Crippen MR) is 79.9 cm³/mol. The van der Waals surface area contributed by atoms with Crippen LogP contribution in [0.5, 0.6) is 5.75 Å². The first-order valence-electron chi connectivity index (χ1n) is 6.69. The molecule has 4 nitrogen and oxygen atoms in total. The second kappa shape index (κ2) is 6.33. The third kappa shape index (κ3) is 3.10. The van der Waals surface area contributed by atoms with Crippen LogP contribution in [0.3, 0.4) is 0 Å². The van der Waals surface area contributed by atoms with Crippen LogP contribution in [0.1, 0.15) is 18.4 Å². The van der Waals surface area contributed by atoms with E-state index in [0.29, 0.717) is 30.6 Å². The minimum absolute atomic E-state index is 0.254. The van der Waals surface area contributed by atoms with Crippen LogP contribution >= 0.6 is 11.6 Å². The quantitative estimate of drug-likeness (QED) is 0.802. The summed E-state index contributed by atoms with van der Waals surface area (Å²) in [6, 6.07) is 5.22. The molecular formula is C14H20ClNO3S. The highest BCUT2D eigenvalue weighted by molar-refractivity contribution is 7.89. The van der Waals surface area contributed by atoms with Gasteiger partial charge >= 0.3 is 0 Å². The van der Waals surface area contributed by atoms with Crippen molar-refractivity contribution < 1.29 is 13.2 Å². The third-order valence-corrected chi connectivity index (χ3v) is 6.08. The zero-order chi connectivity index (χ0) is 14.8. The molecule has 0 spiro atoms. The lowest BCUT2D eigenvalue weighted by atomic mass is 10.0. The summed E-state index contributed by atoms with van der Waals surface area (Å²) < 4.78 is 32.2. The molecule has 1 aliphatic heterocycles. The number of alkyl halides is 1. The van der Waals surface area contributed by atoms with E-state index in [1.807, 2.05) is 13.0 Å². The van der Waals surface area contributed by atoms with Gasteiger partial charge in [-0.15, -0.1) is 11.6 Å². The number of hydrogen-bond acceptors (Lipinski definition) is 3. The zero-order valence-corrected chi connectivity index (χ0v) is 13.4. The van der Waals surface area contributed by atoms with Crippen molar-refractivity contribution in [2.45, 2.75) is 24.7 Å². The number of nitrogens with zero attached hydrogens (tertiary/aromatic N) is 1. The maximum Gasteiger partial charge on any atom is 0.246 e. The summed E-state index contributed by atoms with van der Waals surface area (Å²) in [7, 11) is -2.00. The number of methoxy groups -OCH3 is 1. The number of sulfonamides is 1. The summed E-state index contributed by atoms with van der Waals surface area (Å²) in [5.41, 5.74) is 0.903. The molecule has 1 saturated heterocycles. The van der Waals surface area contributed by atoms with Crippen LogP contribution in [0.2, 0.25) is 0 Å². The smallest absolute Gasteiger partial charge is 0.246 e. The SMILES string of the molecule is COc1ccc(C)cc1S(=O)(=O)N1CCC(CCl)CC1. The van der Waals surface area contributed by atoms with Gasteiger partial charge in [0.2, 0.25) is 10.0 Å². The third-order valence-electron chi connectivity index (χ3n) is 3.73. The van der Waals surface area contributed by atoms with E-state index >= 15 is 0 Å². The number of ether oxygens (including phenoxy) is 1. The number of rotatable bonds is 4. The van der Waals surface area contributed by atoms with E-state index in [2.05, 4.69) is 0 Å². The molecule has 0 radical (unpaired) electrons. The molecule has 6 heteroatoms. The van der Waals surface area contributed by atoms with Gasteiger partial charge in [-0.2, -0.15) is 4.31 Å². The molecule has 2 rings (SSSR count). The maximum atomic E-state index is 12.7. The van der Waals surface area contributed by atoms with Gasteiger partial charge in [0.25, 0.3) is 0 Å². The van der Waals surface area contributed by atoms with Gasteiger partial charge in [-0.05, 0) is 43.4 Å². The van der Waals surface area contributed by atoms with E-state index < -0.39 is 10.0 Å². The fraction of sp³-hybridized carbons (Fsp3) is 0.571. The van der Waals surface area contributed by atoms with E-state index in [0.717, 1.165) is 18.4 Å². The van der Waals surface area contributed by atoms with Gasteiger partial charge in [-0.3, -0.25) is 0 Å². The summed E-state index contributed by atoms with van der Waals surface area (Å²) >= 11 is 5.84. The lowest BCUT2D eigenvalue weighted by Crippen LogP contribution is -2.38. The molecule has 0 unspecified atom stereocenters. The Morgan fingerprint density at radius 1 is 1.35 bits per heavy atom. The standard InChI is InChI=1S/C14H20ClNO3S/c1-11-3-4-13(19-2)14(9-11)20(17,18)16-7-5-12(10-15)6-8-16/h3-4,9,12H,5-8,10H2,1-2H3. The summed E-state index contributed by atoms with van der Waals surface area (Å²) in [6.07, 6.45) is 1.63. The molecule has 0 aliphatic carbocycles. The molecule has 1 fully saturated rings. The first kappa shape index (κ1) is 15.6. The number of piperidine rings is 1. The van der Waals surface area contributed by atoms with E-state index in [-0.39, 0.29) is 4.90 Å². The van der Waals surface area contributed by atoms with Crippen molar-refractivity contribution >= 4 is 21.6 Å². The Kier molecular flexibility index (Phi) is 4.94. The Balaban J connectivity index is 2.29. The van der Waals surface area contributed by atoms with Crippen molar-refractivity contribution in [1.82, 2.24) is 4.31 Å². The van der Waals surface area contributed by atoms with Gasteiger partial charge in [0.1, 0.15) is 10.6 Å². The van der Waals surface area contributed by atoms with E-state index in [1.54, 1.807) is 12.1 Å². The summed E-state index contributed by atoms with van der Waals surface area (Å²) in [4.78, 5) is 0.254. The molecule has 20 heavy (non-hydrogen) atoms. The molecule has 1 aliphatic rings. The van der Waals surface area contributed by atoms with Gasteiger partial charge in [0, 0.05) is 19.0 Å². The molecule has 0 atom stereocenters. The van der Waals surface area contributed by atoms with Gasteiger partial charge in [-0.1, -0.05) is 6.07 Å². The summed E-state index contributed by atoms with van der Waals surface area (Å²) in [5.74, 6) is 1.42. The van der Waals surface area contributed by atoms with Crippen molar-refractivity contribution in [3.63, 3.8) is 0 Å². The van der Waals surface area contributed by atoms with E-state index in [4.69, 9.17) is 16.3 Å². The largest absolute Gasteiger partial charge is 0.495 e. The van der Waals surface area contributed by atoms with Crippen LogP contribution < -0.4 is 4.74 Å². The first-order chi connectivity index (χ1) is 9.48. The minimum atomic E-state index is -3.49. The Hall–Kier alpha value is -0.780. The average Bonchev–Trinajstić information content (AvgIpc) is 2.47. The van der Waals surface area contributed by atoms with E-state index in [1.165, 1.54) is 11.4 Å². The first-order valence-corrected chi connectivity index (χ1v) is 8.67. The number of aryl methyl sites for hydroxylation is 1. The molecule has 1 aromatic rings. The Labute approximate surface area is 125 Å². The van der Waals surface area contributed by atoms with Crippen molar-refractivity contribution in [3.05, 3.63) is 23.8 Å². The van der Waals surface area contributed by atoms with Crippen molar-refractivity contribution in [2.24, 2.45) is 5.92 Å². The highest BCUT2D eigenvalue weighted by atomic mass is 35.5. The van der Waals surface area contributed by atoms with Crippen LogP contribution in [-0.4, -0.2) is 38.8 Å². The fourth-order valence-electron chi connectivity index (χ4n) is 2.43. The highest BCUT2D eigenvalue weighted by Crippen LogP contribution is 2.30. The molecule has 0 saturated carbocycles. The van der Waals surface area contributed by atoms with E-state index in [9.17, 15) is 8.42 Å². The van der Waals surface area contributed by atoms with Gasteiger partial charge in [-0.25, -0.2) is 8.42 Å². The summed E-state index contributed by atoms with van der Waals surface area (Å²) in [6.45, 7) is 2.92. The van der Waals surface area contributed by atoms with Gasteiger partial charge in [0.15, 0.2) is 0 Å². The Morgan fingerprint density at radius 2 is 2.00 bits per heavy atom. The minimum Gasteiger partial charge on any atom is -0.495 e. The second-order valence-electron chi connectivity index (χ2n) is 5.16. The fourth-order valence-corrected chi connectivity index (χ4v) is 4.45. The maximum absolute atomic E-state index is 12.7. The second-order valence-corrected chi connectivity index (χ2v) is 7.37. The zero-order valence-electron chi connectivity index (χ0n) is 11.8. The van der Waals surface area contributed by atoms with Crippen molar-refractivity contribution in [2.75, 3.05) is 26.1 Å². The van der Waals surface area contributed by atoms with Crippen LogP contribution in [0.25, 0.3) is 0 Å². The van der Waals surface area contributed by atoms with Crippen molar-refractivity contribution in [1.29, 1.82) is 0 Å². The van der Waals surface area contributed by atoms with Crippen LogP contribution in [-0.2, 0) is 10.0 Å². The lowest BCUT2D eigenvalue weighted by Gasteiger charge is -2.30. The van der Waals surface area contributed by atoms with Gasteiger partial charge in [0.05, 0.1) is 7.11 Å². The molecule has 1 heterocycles. The average molecular weight is 318 g/mol. The highest BCUT2D eigenvalue weighted by Gasteiger charge is 2.31. The topological polar surface area (TPSA) is 46.6 Å². The number of halogens is 1. The molecule has 0 bridgehead atoms. The Bertz CT molecular complexity index is 566. The molecule has 0 aromatic heterocycles. The molecule has 1 aromatic carbocycles. The monoisotopic (exact) mass is 317 g/mol. The normalized spacial score (nSPS) is 18.1.